The zero-order chi connectivity index (χ0) is 37.6. The number of likely N-dealkylation sites (N-methyl/N-ethyl adjacent to an activating group) is 2. The third-order valence-electron chi connectivity index (χ3n) is 6.79. The normalized spacial score (nSPS) is 12.5. The van der Waals surface area contributed by atoms with Gasteiger partial charge in [-0.1, -0.05) is 6.92 Å². The van der Waals surface area contributed by atoms with Crippen molar-refractivity contribution < 1.29 is 48.6 Å². The maximum Gasteiger partial charge on any atom is 0.333 e. The van der Waals surface area contributed by atoms with Gasteiger partial charge >= 0.3 is 30.2 Å². The van der Waals surface area contributed by atoms with Crippen LogP contribution in [0, 0.1) is 0 Å². The van der Waals surface area contributed by atoms with Crippen molar-refractivity contribution in [1.82, 2.24) is 40.9 Å². The van der Waals surface area contributed by atoms with Crippen LogP contribution in [-0.4, -0.2) is 141 Å². The number of hydrogen-bond donors (Lipinski definition) is 6. The first kappa shape index (κ1) is 44.0. The number of nitrogens with zero attached hydrogens (tertiary/aromatic N) is 4. The maximum atomic E-state index is 13.8. The Labute approximate surface area is 285 Å². The second-order valence-electron chi connectivity index (χ2n) is 12.4. The third-order valence-corrected chi connectivity index (χ3v) is 8.15. The van der Waals surface area contributed by atoms with Crippen LogP contribution in [0.2, 0.25) is 0 Å². The van der Waals surface area contributed by atoms with Crippen molar-refractivity contribution in [1.29, 1.82) is 0 Å². The van der Waals surface area contributed by atoms with E-state index in [0.717, 1.165) is 19.0 Å². The van der Waals surface area contributed by atoms with Crippen molar-refractivity contribution in [3.05, 3.63) is 0 Å². The lowest BCUT2D eigenvalue weighted by Crippen LogP contribution is -2.58. The van der Waals surface area contributed by atoms with Gasteiger partial charge in [-0.15, -0.1) is 11.8 Å². The Bertz CT molecular complexity index is 1190. The van der Waals surface area contributed by atoms with Crippen molar-refractivity contribution in [2.75, 3.05) is 41.0 Å². The van der Waals surface area contributed by atoms with E-state index in [9.17, 15) is 48.6 Å². The fourth-order valence-electron chi connectivity index (χ4n) is 3.95. The number of carbonyl (C=O) groups excluding carboxylic acids is 8. The van der Waals surface area contributed by atoms with Crippen LogP contribution in [0.15, 0.2) is 0 Å². The van der Waals surface area contributed by atoms with Crippen LogP contribution >= 0.6 is 11.8 Å². The minimum absolute atomic E-state index is 0.177. The predicted octanol–water partition coefficient (Wildman–Crippen LogP) is 1.21. The molecule has 0 spiro atoms. The number of unbranched alkanes of at least 4 members (excludes halogenated alkanes) is 1. The highest BCUT2D eigenvalue weighted by molar-refractivity contribution is 8.00. The number of rotatable bonds is 14. The molecule has 0 aliphatic carbocycles. The molecule has 0 saturated carbocycles. The number of aliphatic hydroxyl groups is 2. The first-order valence-electron chi connectivity index (χ1n) is 15.3. The summed E-state index contributed by atoms with van der Waals surface area (Å²) in [6.07, 6.45) is 2.19. The molecule has 0 rings (SSSR count). The summed E-state index contributed by atoms with van der Waals surface area (Å²) in [5.41, 5.74) is -2.37. The SMILES string of the molecule is CCCC(=O)N(C)[C@H](SCCCCC(C)(C)O)C(=O)N(C)[C@@H](CC(C)(C)O)C(=O)NC(=O)N(C)C(=O)NC(=O)NC(=O)N(C)C(=O)NC. The monoisotopic (exact) mass is 704 g/mol. The van der Waals surface area contributed by atoms with Gasteiger partial charge in [-0.2, -0.15) is 0 Å². The molecule has 48 heavy (non-hydrogen) atoms. The minimum atomic E-state index is -1.51. The molecule has 0 aromatic carbocycles. The van der Waals surface area contributed by atoms with E-state index in [1.807, 2.05) is 12.2 Å². The van der Waals surface area contributed by atoms with Crippen molar-refractivity contribution in [3.63, 3.8) is 0 Å². The lowest BCUT2D eigenvalue weighted by molar-refractivity contribution is -0.145. The van der Waals surface area contributed by atoms with Crippen molar-refractivity contribution in [2.45, 2.75) is 95.8 Å². The number of nitrogens with one attached hydrogen (secondary N) is 4. The van der Waals surface area contributed by atoms with Gasteiger partial charge in [-0.05, 0) is 59.1 Å². The van der Waals surface area contributed by atoms with Crippen LogP contribution in [0.25, 0.3) is 0 Å². The highest BCUT2D eigenvalue weighted by atomic mass is 32.2. The lowest BCUT2D eigenvalue weighted by atomic mass is 9.97. The van der Waals surface area contributed by atoms with Crippen molar-refractivity contribution in [3.8, 4) is 0 Å². The molecule has 274 valence electrons. The summed E-state index contributed by atoms with van der Waals surface area (Å²) in [4.78, 5) is 104. The standard InChI is InChI=1S/C29H52N8O10S/c1-11-14-19(38)35(8)22(48-16-13-12-15-28(2,3)46)21(40)34(7)18(17-29(4,5)47)20(39)31-25(43)37(10)27(45)33-23(41)32-26(44)36(9)24(42)30-6/h18,22,46-47H,11-17H2,1-10H3,(H,30,42)(H,31,39,43)(H2,32,33,41,44,45)/t18-,22+/m0/s1. The molecule has 0 radical (unpaired) electrons. The molecule has 0 unspecified atom stereocenters. The molecule has 13 amide bonds. The highest BCUT2D eigenvalue weighted by Gasteiger charge is 2.38. The Balaban J connectivity index is 5.86. The van der Waals surface area contributed by atoms with E-state index in [0.29, 0.717) is 41.2 Å². The lowest BCUT2D eigenvalue weighted by Gasteiger charge is -2.36. The van der Waals surface area contributed by atoms with E-state index in [-0.39, 0.29) is 18.7 Å². The second-order valence-corrected chi connectivity index (χ2v) is 13.6. The maximum absolute atomic E-state index is 13.8. The van der Waals surface area contributed by atoms with Crippen LogP contribution in [0.3, 0.4) is 0 Å². The van der Waals surface area contributed by atoms with E-state index < -0.39 is 64.6 Å². The smallest absolute Gasteiger partial charge is 0.333 e. The molecule has 0 bridgehead atoms. The summed E-state index contributed by atoms with van der Waals surface area (Å²) in [7, 11) is 5.99. The zero-order valence-corrected chi connectivity index (χ0v) is 30.3. The van der Waals surface area contributed by atoms with Crippen LogP contribution in [0.5, 0.6) is 0 Å². The van der Waals surface area contributed by atoms with Gasteiger partial charge in [0, 0.05) is 48.1 Å². The summed E-state index contributed by atoms with van der Waals surface area (Å²) >= 11 is 1.18. The van der Waals surface area contributed by atoms with E-state index in [2.05, 4.69) is 5.32 Å². The molecule has 0 aromatic heterocycles. The van der Waals surface area contributed by atoms with E-state index in [4.69, 9.17) is 0 Å². The fourth-order valence-corrected chi connectivity index (χ4v) is 5.19. The van der Waals surface area contributed by atoms with Gasteiger partial charge in [0.15, 0.2) is 5.37 Å². The van der Waals surface area contributed by atoms with Gasteiger partial charge < -0.3 is 25.3 Å². The van der Waals surface area contributed by atoms with Gasteiger partial charge in [-0.3, -0.25) is 30.3 Å². The summed E-state index contributed by atoms with van der Waals surface area (Å²) in [6.45, 7) is 7.98. The topological polar surface area (TPSA) is 238 Å². The summed E-state index contributed by atoms with van der Waals surface area (Å²) in [5, 5.41) is 27.0. The Morgan fingerprint density at radius 1 is 0.729 bits per heavy atom. The first-order chi connectivity index (χ1) is 22.0. The molecule has 19 heteroatoms. The molecule has 0 aliphatic rings. The second kappa shape index (κ2) is 19.8. The van der Waals surface area contributed by atoms with Gasteiger partial charge in [0.05, 0.1) is 11.2 Å². The number of amides is 13. The quantitative estimate of drug-likeness (QED) is 0.111. The van der Waals surface area contributed by atoms with Crippen LogP contribution in [-0.2, 0) is 14.4 Å². The first-order valence-corrected chi connectivity index (χ1v) is 16.3. The Morgan fingerprint density at radius 2 is 1.23 bits per heavy atom. The average Bonchev–Trinajstić information content (AvgIpc) is 2.98. The van der Waals surface area contributed by atoms with Gasteiger partial charge in [0.25, 0.3) is 11.8 Å². The van der Waals surface area contributed by atoms with E-state index in [1.54, 1.807) is 24.5 Å². The van der Waals surface area contributed by atoms with Crippen LogP contribution in [0.1, 0.15) is 73.1 Å². The fraction of sp³-hybridized carbons (Fsp3) is 0.724. The third kappa shape index (κ3) is 15.7. The average molecular weight is 705 g/mol. The van der Waals surface area contributed by atoms with Gasteiger partial charge in [0.1, 0.15) is 6.04 Å². The van der Waals surface area contributed by atoms with Gasteiger partial charge in [-0.25, -0.2) is 33.8 Å². The van der Waals surface area contributed by atoms with Crippen LogP contribution < -0.4 is 21.3 Å². The van der Waals surface area contributed by atoms with Gasteiger partial charge in [0.2, 0.25) is 5.91 Å². The molecule has 0 aromatic rings. The minimum Gasteiger partial charge on any atom is -0.390 e. The number of thioether (sulfide) groups is 1. The molecule has 0 aliphatic heterocycles. The Kier molecular flexibility index (Phi) is 18.1. The molecule has 0 saturated heterocycles. The van der Waals surface area contributed by atoms with Crippen LogP contribution in [0.4, 0.5) is 24.0 Å². The molecular formula is C29H52N8O10S. The molecular weight excluding hydrogens is 652 g/mol. The number of urea groups is 5. The molecule has 0 heterocycles. The highest BCUT2D eigenvalue weighted by Crippen LogP contribution is 2.24. The number of hydrogen-bond acceptors (Lipinski definition) is 11. The van der Waals surface area contributed by atoms with Crippen molar-refractivity contribution >= 4 is 59.6 Å². The Morgan fingerprint density at radius 3 is 1.69 bits per heavy atom. The summed E-state index contributed by atoms with van der Waals surface area (Å²) in [6, 6.07) is -7.52. The molecule has 18 nitrogen and oxygen atoms in total. The largest absolute Gasteiger partial charge is 0.390 e. The van der Waals surface area contributed by atoms with E-state index >= 15 is 0 Å². The van der Waals surface area contributed by atoms with Crippen molar-refractivity contribution in [2.24, 2.45) is 0 Å². The molecule has 6 N–H and O–H groups in total. The summed E-state index contributed by atoms with van der Waals surface area (Å²) < 4.78 is 0. The Hall–Kier alpha value is -3.97. The molecule has 2 atom stereocenters. The molecule has 0 fully saturated rings. The number of imide groups is 5. The summed E-state index contributed by atoms with van der Waals surface area (Å²) in [5.74, 6) is -1.57. The zero-order valence-electron chi connectivity index (χ0n) is 29.5. The predicted molar refractivity (Wildman–Crippen MR) is 178 cm³/mol. The number of carbonyl (C=O) groups is 8. The van der Waals surface area contributed by atoms with E-state index in [1.165, 1.54) is 51.7 Å².